The Kier molecular flexibility index (Phi) is 3.26. The van der Waals surface area contributed by atoms with Crippen LogP contribution in [0.2, 0.25) is 0 Å². The van der Waals surface area contributed by atoms with E-state index in [1.807, 2.05) is 6.20 Å². The zero-order valence-corrected chi connectivity index (χ0v) is 9.46. The maximum atomic E-state index is 4.19. The average Bonchev–Trinajstić information content (AvgIpc) is 2.80. The van der Waals surface area contributed by atoms with E-state index < -0.39 is 0 Å². The molecular formula is C11H15N5. The molecule has 0 aliphatic carbocycles. The van der Waals surface area contributed by atoms with Gasteiger partial charge < -0.3 is 5.32 Å². The van der Waals surface area contributed by atoms with Crippen molar-refractivity contribution in [2.45, 2.75) is 26.4 Å². The van der Waals surface area contributed by atoms with E-state index in [9.17, 15) is 0 Å². The Morgan fingerprint density at radius 1 is 1.31 bits per heavy atom. The van der Waals surface area contributed by atoms with Crippen molar-refractivity contribution in [3.63, 3.8) is 0 Å². The number of aromatic nitrogens is 4. The minimum absolute atomic E-state index is 0.468. The third-order valence-electron chi connectivity index (χ3n) is 2.18. The molecule has 0 radical (unpaired) electrons. The number of rotatable bonds is 4. The summed E-state index contributed by atoms with van der Waals surface area (Å²) in [5, 5.41) is 7.42. The second-order valence-corrected chi connectivity index (χ2v) is 3.93. The van der Waals surface area contributed by atoms with Crippen LogP contribution in [-0.4, -0.2) is 25.8 Å². The smallest absolute Gasteiger partial charge is 0.138 e. The van der Waals surface area contributed by atoms with Crippen LogP contribution < -0.4 is 5.32 Å². The molecule has 0 unspecified atom stereocenters. The van der Waals surface area contributed by atoms with E-state index in [4.69, 9.17) is 0 Å². The topological polar surface area (TPSA) is 55.6 Å². The predicted octanol–water partition coefficient (Wildman–Crippen LogP) is 1.16. The van der Waals surface area contributed by atoms with Crippen LogP contribution in [0.25, 0.3) is 5.69 Å². The first-order valence-electron chi connectivity index (χ1n) is 5.28. The lowest BCUT2D eigenvalue weighted by Gasteiger charge is -2.08. The highest BCUT2D eigenvalue weighted by Gasteiger charge is 2.00. The molecule has 0 amide bonds. The molecule has 2 rings (SSSR count). The molecule has 84 valence electrons. The lowest BCUT2D eigenvalue weighted by molar-refractivity contribution is 0.587. The van der Waals surface area contributed by atoms with Crippen LogP contribution in [0.5, 0.6) is 0 Å². The fraction of sp³-hybridized carbons (Fsp3) is 0.364. The first-order chi connectivity index (χ1) is 7.75. The third-order valence-corrected chi connectivity index (χ3v) is 2.18. The van der Waals surface area contributed by atoms with Crippen molar-refractivity contribution in [3.05, 3.63) is 36.7 Å². The molecule has 1 N–H and O–H groups in total. The van der Waals surface area contributed by atoms with Crippen LogP contribution in [0.3, 0.4) is 0 Å². The van der Waals surface area contributed by atoms with Gasteiger partial charge in [0.2, 0.25) is 0 Å². The van der Waals surface area contributed by atoms with E-state index in [2.05, 4.69) is 40.3 Å². The van der Waals surface area contributed by atoms with Crippen molar-refractivity contribution in [2.75, 3.05) is 0 Å². The van der Waals surface area contributed by atoms with E-state index in [0.717, 1.165) is 17.8 Å². The van der Waals surface area contributed by atoms with Crippen LogP contribution in [0.1, 0.15) is 19.4 Å². The standard InChI is InChI=1S/C11H15N5/c1-9(2)14-5-10-3-11(6-12-4-10)16-8-13-7-15-16/h3-4,6-9,14H,5H2,1-2H3. The van der Waals surface area contributed by atoms with Crippen molar-refractivity contribution < 1.29 is 0 Å². The van der Waals surface area contributed by atoms with Gasteiger partial charge in [-0.05, 0) is 11.6 Å². The van der Waals surface area contributed by atoms with Gasteiger partial charge in [-0.2, -0.15) is 5.10 Å². The van der Waals surface area contributed by atoms with Gasteiger partial charge in [0.05, 0.1) is 11.9 Å². The van der Waals surface area contributed by atoms with Crippen LogP contribution >= 0.6 is 0 Å². The van der Waals surface area contributed by atoms with Gasteiger partial charge in [-0.1, -0.05) is 13.8 Å². The van der Waals surface area contributed by atoms with Crippen molar-refractivity contribution in [1.82, 2.24) is 25.1 Å². The molecule has 5 heteroatoms. The maximum absolute atomic E-state index is 4.19. The van der Waals surface area contributed by atoms with Gasteiger partial charge >= 0.3 is 0 Å². The van der Waals surface area contributed by atoms with Crippen LogP contribution in [0.4, 0.5) is 0 Å². The molecule has 0 aliphatic rings. The lowest BCUT2D eigenvalue weighted by atomic mass is 10.2. The van der Waals surface area contributed by atoms with Crippen molar-refractivity contribution in [1.29, 1.82) is 0 Å². The van der Waals surface area contributed by atoms with E-state index in [0.29, 0.717) is 6.04 Å². The van der Waals surface area contributed by atoms with E-state index in [1.165, 1.54) is 6.33 Å². The van der Waals surface area contributed by atoms with Gasteiger partial charge in [0, 0.05) is 18.8 Å². The second-order valence-electron chi connectivity index (χ2n) is 3.93. The molecule has 16 heavy (non-hydrogen) atoms. The van der Waals surface area contributed by atoms with Crippen molar-refractivity contribution >= 4 is 0 Å². The monoisotopic (exact) mass is 217 g/mol. The summed E-state index contributed by atoms with van der Waals surface area (Å²) in [6, 6.07) is 2.52. The van der Waals surface area contributed by atoms with Crippen LogP contribution in [0.15, 0.2) is 31.1 Å². The minimum atomic E-state index is 0.468. The number of nitrogens with one attached hydrogen (secondary N) is 1. The predicted molar refractivity (Wildman–Crippen MR) is 61.1 cm³/mol. The van der Waals surface area contributed by atoms with Gasteiger partial charge in [-0.15, -0.1) is 0 Å². The fourth-order valence-corrected chi connectivity index (χ4v) is 1.36. The van der Waals surface area contributed by atoms with Crippen molar-refractivity contribution in [2.24, 2.45) is 0 Å². The summed E-state index contributed by atoms with van der Waals surface area (Å²) in [5.74, 6) is 0. The molecule has 0 saturated heterocycles. The quantitative estimate of drug-likeness (QED) is 0.835. The molecule has 0 aromatic carbocycles. The molecule has 2 heterocycles. The molecule has 0 atom stereocenters. The molecule has 0 saturated carbocycles. The summed E-state index contributed by atoms with van der Waals surface area (Å²) in [4.78, 5) is 8.10. The van der Waals surface area contributed by atoms with Crippen molar-refractivity contribution in [3.8, 4) is 5.69 Å². The first kappa shape index (κ1) is 10.8. The number of pyridine rings is 1. The normalized spacial score (nSPS) is 10.9. The Hall–Kier alpha value is -1.75. The maximum Gasteiger partial charge on any atom is 0.138 e. The molecule has 0 aliphatic heterocycles. The Labute approximate surface area is 94.5 Å². The Morgan fingerprint density at radius 3 is 2.88 bits per heavy atom. The molecule has 5 nitrogen and oxygen atoms in total. The molecule has 2 aromatic heterocycles. The van der Waals surface area contributed by atoms with E-state index >= 15 is 0 Å². The molecule has 0 fully saturated rings. The Balaban J connectivity index is 2.14. The SMILES string of the molecule is CC(C)NCc1cncc(-n2cncn2)c1. The summed E-state index contributed by atoms with van der Waals surface area (Å²) in [5.41, 5.74) is 2.07. The van der Waals surface area contributed by atoms with Crippen LogP contribution in [0, 0.1) is 0 Å². The van der Waals surface area contributed by atoms with E-state index in [-0.39, 0.29) is 0 Å². The summed E-state index contributed by atoms with van der Waals surface area (Å²) >= 11 is 0. The Morgan fingerprint density at radius 2 is 2.19 bits per heavy atom. The number of hydrogen-bond donors (Lipinski definition) is 1. The summed E-state index contributed by atoms with van der Waals surface area (Å²) in [7, 11) is 0. The van der Waals surface area contributed by atoms with Gasteiger partial charge in [0.15, 0.2) is 0 Å². The summed E-state index contributed by atoms with van der Waals surface area (Å²) < 4.78 is 1.70. The highest BCUT2D eigenvalue weighted by molar-refractivity contribution is 5.30. The summed E-state index contributed by atoms with van der Waals surface area (Å²) in [6.07, 6.45) is 6.80. The minimum Gasteiger partial charge on any atom is -0.310 e. The second kappa shape index (κ2) is 4.85. The molecule has 0 bridgehead atoms. The van der Waals surface area contributed by atoms with E-state index in [1.54, 1.807) is 17.2 Å². The van der Waals surface area contributed by atoms with Gasteiger partial charge in [0.1, 0.15) is 12.7 Å². The number of nitrogens with zero attached hydrogens (tertiary/aromatic N) is 4. The molecular weight excluding hydrogens is 202 g/mol. The molecule has 2 aromatic rings. The third kappa shape index (κ3) is 2.64. The van der Waals surface area contributed by atoms with Crippen LogP contribution in [-0.2, 0) is 6.54 Å². The Bertz CT molecular complexity index is 435. The fourth-order valence-electron chi connectivity index (χ4n) is 1.36. The molecule has 0 spiro atoms. The zero-order chi connectivity index (χ0) is 11.4. The first-order valence-corrected chi connectivity index (χ1v) is 5.28. The average molecular weight is 217 g/mol. The largest absolute Gasteiger partial charge is 0.310 e. The summed E-state index contributed by atoms with van der Waals surface area (Å²) in [6.45, 7) is 5.05. The highest BCUT2D eigenvalue weighted by atomic mass is 15.3. The number of hydrogen-bond acceptors (Lipinski definition) is 4. The van der Waals surface area contributed by atoms with Gasteiger partial charge in [0.25, 0.3) is 0 Å². The van der Waals surface area contributed by atoms with Gasteiger partial charge in [-0.25, -0.2) is 9.67 Å². The highest BCUT2D eigenvalue weighted by Crippen LogP contribution is 2.06. The lowest BCUT2D eigenvalue weighted by Crippen LogP contribution is -2.21. The van der Waals surface area contributed by atoms with Gasteiger partial charge in [-0.3, -0.25) is 4.98 Å². The zero-order valence-electron chi connectivity index (χ0n) is 9.46.